The SMILES string of the molecule is CC1[C@H](C)SC(N)=N[C@]1(CF)c1cc(Nc2nncc3cc(Br)cnc23)ccc1F. The van der Waals surface area contributed by atoms with Crippen LogP contribution >= 0.6 is 27.7 Å². The first kappa shape index (κ1) is 20.9. The number of rotatable bonds is 4. The number of nitrogens with two attached hydrogens (primary N) is 1. The number of hydrogen-bond acceptors (Lipinski definition) is 7. The zero-order valence-electron chi connectivity index (χ0n) is 16.2. The molecule has 156 valence electrons. The number of amidine groups is 1. The van der Waals surface area contributed by atoms with Crippen molar-refractivity contribution < 1.29 is 8.78 Å². The highest BCUT2D eigenvalue weighted by molar-refractivity contribution is 9.10. The number of nitrogens with one attached hydrogen (secondary N) is 1. The van der Waals surface area contributed by atoms with Crippen LogP contribution in [0.5, 0.6) is 0 Å². The first-order chi connectivity index (χ1) is 14.3. The van der Waals surface area contributed by atoms with E-state index in [0.29, 0.717) is 17.0 Å². The van der Waals surface area contributed by atoms with Crippen molar-refractivity contribution >= 4 is 55.3 Å². The topological polar surface area (TPSA) is 89.1 Å². The number of aliphatic imine (C=N–C) groups is 1. The summed E-state index contributed by atoms with van der Waals surface area (Å²) in [7, 11) is 0. The molecule has 3 heterocycles. The van der Waals surface area contributed by atoms with Crippen LogP contribution in [0.25, 0.3) is 10.9 Å². The van der Waals surface area contributed by atoms with E-state index in [0.717, 1.165) is 9.86 Å². The molecule has 1 aliphatic heterocycles. The van der Waals surface area contributed by atoms with Crippen molar-refractivity contribution in [2.75, 3.05) is 12.0 Å². The van der Waals surface area contributed by atoms with Crippen molar-refractivity contribution in [3.8, 4) is 0 Å². The minimum Gasteiger partial charge on any atom is -0.379 e. The molecule has 0 fully saturated rings. The summed E-state index contributed by atoms with van der Waals surface area (Å²) >= 11 is 4.75. The molecular weight excluding hydrogens is 474 g/mol. The molecule has 0 saturated heterocycles. The molecule has 0 bridgehead atoms. The molecule has 0 radical (unpaired) electrons. The quantitative estimate of drug-likeness (QED) is 0.537. The Morgan fingerprint density at radius 3 is 2.83 bits per heavy atom. The van der Waals surface area contributed by atoms with Crippen molar-refractivity contribution in [3.05, 3.63) is 52.5 Å². The maximum Gasteiger partial charge on any atom is 0.179 e. The van der Waals surface area contributed by atoms with Crippen LogP contribution in [0.15, 0.2) is 46.1 Å². The summed E-state index contributed by atoms with van der Waals surface area (Å²) in [5.74, 6) is -0.386. The van der Waals surface area contributed by atoms with Gasteiger partial charge in [-0.3, -0.25) is 4.98 Å². The number of anilines is 2. The number of pyridine rings is 1. The molecule has 0 spiro atoms. The molecule has 3 aromatic rings. The lowest BCUT2D eigenvalue weighted by molar-refractivity contribution is 0.217. The lowest BCUT2D eigenvalue weighted by Crippen LogP contribution is -2.44. The summed E-state index contributed by atoms with van der Waals surface area (Å²) in [6.07, 6.45) is 3.26. The molecule has 3 atom stereocenters. The molecular formula is C20H19BrF2N6S. The highest BCUT2D eigenvalue weighted by Crippen LogP contribution is 2.45. The fourth-order valence-corrected chi connectivity index (χ4v) is 5.01. The van der Waals surface area contributed by atoms with Gasteiger partial charge in [0.1, 0.15) is 23.5 Å². The monoisotopic (exact) mass is 492 g/mol. The van der Waals surface area contributed by atoms with Crippen molar-refractivity contribution in [1.82, 2.24) is 15.2 Å². The summed E-state index contributed by atoms with van der Waals surface area (Å²) in [5, 5.41) is 12.3. The Balaban J connectivity index is 1.79. The van der Waals surface area contributed by atoms with Gasteiger partial charge in [0.15, 0.2) is 11.0 Å². The Kier molecular flexibility index (Phi) is 5.63. The van der Waals surface area contributed by atoms with E-state index in [1.54, 1.807) is 24.5 Å². The number of hydrogen-bond donors (Lipinski definition) is 2. The van der Waals surface area contributed by atoms with Gasteiger partial charge in [-0.05, 0) is 40.2 Å². The van der Waals surface area contributed by atoms with Gasteiger partial charge in [-0.2, -0.15) is 5.10 Å². The standard InChI is InChI=1S/C20H19BrF2N6S/c1-10-11(2)30-19(24)28-20(10,9-22)15-6-14(3-4-16(15)23)27-18-17-12(7-26-29-18)5-13(21)8-25-17/h3-8,10-11H,9H2,1-2H3,(H2,24,28)(H,27,29)/t10?,11-,20-/m0/s1. The normalized spacial score (nSPS) is 24.0. The van der Waals surface area contributed by atoms with E-state index in [2.05, 4.69) is 41.4 Å². The van der Waals surface area contributed by atoms with Crippen LogP contribution in [-0.2, 0) is 5.54 Å². The first-order valence-electron chi connectivity index (χ1n) is 9.26. The predicted octanol–water partition coefficient (Wildman–Crippen LogP) is 4.92. The average Bonchev–Trinajstić information content (AvgIpc) is 2.72. The summed E-state index contributed by atoms with van der Waals surface area (Å²) in [6, 6.07) is 6.28. The predicted molar refractivity (Wildman–Crippen MR) is 120 cm³/mol. The molecule has 30 heavy (non-hydrogen) atoms. The molecule has 4 rings (SSSR count). The van der Waals surface area contributed by atoms with E-state index >= 15 is 0 Å². The number of fused-ring (bicyclic) bond motifs is 1. The third kappa shape index (κ3) is 3.62. The number of nitrogens with zero attached hydrogens (tertiary/aromatic N) is 4. The second kappa shape index (κ2) is 8.07. The molecule has 0 amide bonds. The van der Waals surface area contributed by atoms with Crippen LogP contribution < -0.4 is 11.1 Å². The van der Waals surface area contributed by atoms with E-state index in [9.17, 15) is 8.78 Å². The summed E-state index contributed by atoms with van der Waals surface area (Å²) < 4.78 is 30.1. The molecule has 1 aliphatic rings. The second-order valence-electron chi connectivity index (χ2n) is 7.22. The minimum atomic E-state index is -1.38. The van der Waals surface area contributed by atoms with E-state index in [-0.39, 0.29) is 21.9 Å². The zero-order chi connectivity index (χ0) is 21.5. The molecule has 0 saturated carbocycles. The summed E-state index contributed by atoms with van der Waals surface area (Å²) in [4.78, 5) is 8.75. The number of alkyl halides is 1. The summed E-state index contributed by atoms with van der Waals surface area (Å²) in [5.41, 5.74) is 5.84. The van der Waals surface area contributed by atoms with Gasteiger partial charge in [-0.15, -0.1) is 5.10 Å². The van der Waals surface area contributed by atoms with Crippen molar-refractivity contribution in [1.29, 1.82) is 0 Å². The van der Waals surface area contributed by atoms with Gasteiger partial charge in [0.05, 0.1) is 6.20 Å². The van der Waals surface area contributed by atoms with E-state index < -0.39 is 18.0 Å². The number of thioether (sulfide) groups is 1. The smallest absolute Gasteiger partial charge is 0.179 e. The van der Waals surface area contributed by atoms with Crippen LogP contribution in [0.2, 0.25) is 0 Å². The van der Waals surface area contributed by atoms with Crippen molar-refractivity contribution in [3.63, 3.8) is 0 Å². The Morgan fingerprint density at radius 2 is 2.07 bits per heavy atom. The van der Waals surface area contributed by atoms with Crippen LogP contribution in [0.1, 0.15) is 19.4 Å². The maximum absolute atomic E-state index is 14.9. The molecule has 1 unspecified atom stereocenters. The first-order valence-corrected chi connectivity index (χ1v) is 10.9. The van der Waals surface area contributed by atoms with Gasteiger partial charge >= 0.3 is 0 Å². The summed E-state index contributed by atoms with van der Waals surface area (Å²) in [6.45, 7) is 2.95. The van der Waals surface area contributed by atoms with E-state index in [4.69, 9.17) is 5.73 Å². The maximum atomic E-state index is 14.9. The van der Waals surface area contributed by atoms with Crippen LogP contribution in [0.3, 0.4) is 0 Å². The van der Waals surface area contributed by atoms with Gasteiger partial charge in [0.2, 0.25) is 0 Å². The number of aromatic nitrogens is 3. The fraction of sp³-hybridized carbons (Fsp3) is 0.300. The lowest BCUT2D eigenvalue weighted by Gasteiger charge is -2.40. The van der Waals surface area contributed by atoms with Gasteiger partial charge in [-0.25, -0.2) is 13.8 Å². The van der Waals surface area contributed by atoms with Gasteiger partial charge in [0, 0.05) is 38.5 Å². The highest BCUT2D eigenvalue weighted by Gasteiger charge is 2.46. The Morgan fingerprint density at radius 1 is 1.27 bits per heavy atom. The Bertz CT molecular complexity index is 1140. The minimum absolute atomic E-state index is 0.0131. The lowest BCUT2D eigenvalue weighted by atomic mass is 9.78. The highest BCUT2D eigenvalue weighted by atomic mass is 79.9. The molecule has 10 heteroatoms. The largest absolute Gasteiger partial charge is 0.379 e. The van der Waals surface area contributed by atoms with Gasteiger partial charge in [0.25, 0.3) is 0 Å². The van der Waals surface area contributed by atoms with E-state index in [1.807, 2.05) is 19.9 Å². The van der Waals surface area contributed by atoms with Gasteiger partial charge < -0.3 is 11.1 Å². The molecule has 1 aromatic carbocycles. The van der Waals surface area contributed by atoms with Crippen LogP contribution in [0, 0.1) is 11.7 Å². The molecule has 6 nitrogen and oxygen atoms in total. The third-order valence-corrected chi connectivity index (χ3v) is 6.98. The van der Waals surface area contributed by atoms with Crippen molar-refractivity contribution in [2.45, 2.75) is 24.6 Å². The number of benzene rings is 1. The zero-order valence-corrected chi connectivity index (χ0v) is 18.6. The Hall–Kier alpha value is -2.33. The molecule has 0 aliphatic carbocycles. The van der Waals surface area contributed by atoms with Crippen LogP contribution in [-0.4, -0.2) is 32.3 Å². The van der Waals surface area contributed by atoms with Gasteiger partial charge in [-0.1, -0.05) is 25.6 Å². The fourth-order valence-electron chi connectivity index (χ4n) is 3.64. The van der Waals surface area contributed by atoms with Crippen molar-refractivity contribution in [2.24, 2.45) is 16.6 Å². The van der Waals surface area contributed by atoms with E-state index in [1.165, 1.54) is 17.8 Å². The average molecular weight is 493 g/mol. The number of halogens is 3. The second-order valence-corrected chi connectivity index (χ2v) is 9.54. The Labute approximate surface area is 184 Å². The third-order valence-electron chi connectivity index (χ3n) is 5.44. The molecule has 3 N–H and O–H groups in total. The van der Waals surface area contributed by atoms with Crippen LogP contribution in [0.4, 0.5) is 20.3 Å². The molecule has 2 aromatic heterocycles.